The number of nitrogens with one attached hydrogen (secondary N) is 2. The van der Waals surface area contributed by atoms with Crippen molar-refractivity contribution in [3.63, 3.8) is 0 Å². The van der Waals surface area contributed by atoms with E-state index < -0.39 is 10.0 Å². The summed E-state index contributed by atoms with van der Waals surface area (Å²) < 4.78 is 36.1. The fraction of sp³-hybridized carbons (Fsp3) is 0.588. The summed E-state index contributed by atoms with van der Waals surface area (Å²) in [4.78, 5) is 12.0. The van der Waals surface area contributed by atoms with Crippen molar-refractivity contribution in [3.05, 3.63) is 24.3 Å². The highest BCUT2D eigenvalue weighted by atomic mass is 32.2. The molecule has 1 aromatic carbocycles. The maximum absolute atomic E-state index is 12.0. The number of benzene rings is 1. The molecule has 1 aliphatic heterocycles. The van der Waals surface area contributed by atoms with Gasteiger partial charge in [-0.25, -0.2) is 13.2 Å². The summed E-state index contributed by atoms with van der Waals surface area (Å²) in [6, 6.07) is 6.58. The lowest BCUT2D eigenvalue weighted by molar-refractivity contribution is 0.0589. The van der Waals surface area contributed by atoms with Gasteiger partial charge in [0.25, 0.3) is 0 Å². The standard InChI is InChI=1S/C17H27N3O5S/c1-3-25-16-6-4-14(5-7-16)19-17(21)18-10-11-20(26(2,22)23)15-8-12-24-13-9-15/h4-7,15H,3,8-13H2,1-2H3,(H2,18,19,21). The average Bonchev–Trinajstić information content (AvgIpc) is 2.60. The second kappa shape index (κ2) is 9.75. The van der Waals surface area contributed by atoms with Crippen molar-refractivity contribution in [1.29, 1.82) is 0 Å². The minimum absolute atomic E-state index is 0.0743. The normalized spacial score (nSPS) is 15.7. The lowest BCUT2D eigenvalue weighted by Gasteiger charge is -2.32. The van der Waals surface area contributed by atoms with Gasteiger partial charge in [-0.3, -0.25) is 0 Å². The minimum Gasteiger partial charge on any atom is -0.494 e. The van der Waals surface area contributed by atoms with Gasteiger partial charge in [0.2, 0.25) is 10.0 Å². The predicted octanol–water partition coefficient (Wildman–Crippen LogP) is 1.65. The van der Waals surface area contributed by atoms with E-state index in [0.717, 1.165) is 5.75 Å². The van der Waals surface area contributed by atoms with E-state index in [4.69, 9.17) is 9.47 Å². The van der Waals surface area contributed by atoms with Crippen LogP contribution in [0.4, 0.5) is 10.5 Å². The summed E-state index contributed by atoms with van der Waals surface area (Å²) in [7, 11) is -3.34. The molecule has 1 aliphatic rings. The van der Waals surface area contributed by atoms with Gasteiger partial charge in [0.15, 0.2) is 0 Å². The van der Waals surface area contributed by atoms with Crippen LogP contribution in [0.25, 0.3) is 0 Å². The zero-order valence-electron chi connectivity index (χ0n) is 15.2. The first kappa shape index (κ1) is 20.5. The van der Waals surface area contributed by atoms with E-state index in [1.165, 1.54) is 10.6 Å². The van der Waals surface area contributed by atoms with Gasteiger partial charge in [0, 0.05) is 38.0 Å². The number of rotatable bonds is 8. The zero-order valence-corrected chi connectivity index (χ0v) is 16.0. The van der Waals surface area contributed by atoms with Crippen LogP contribution in [0.15, 0.2) is 24.3 Å². The van der Waals surface area contributed by atoms with Gasteiger partial charge in [-0.05, 0) is 44.0 Å². The second-order valence-corrected chi connectivity index (χ2v) is 7.99. The molecule has 0 aromatic heterocycles. The summed E-state index contributed by atoms with van der Waals surface area (Å²) in [6.45, 7) is 4.06. The quantitative estimate of drug-likeness (QED) is 0.709. The molecule has 1 saturated heterocycles. The van der Waals surface area contributed by atoms with Crippen LogP contribution in [-0.4, -0.2) is 64.0 Å². The maximum Gasteiger partial charge on any atom is 0.319 e. The van der Waals surface area contributed by atoms with Crippen LogP contribution in [0, 0.1) is 0 Å². The van der Waals surface area contributed by atoms with Crippen molar-refractivity contribution in [1.82, 2.24) is 9.62 Å². The first-order chi connectivity index (χ1) is 12.4. The van der Waals surface area contributed by atoms with Crippen molar-refractivity contribution in [3.8, 4) is 5.75 Å². The number of carbonyl (C=O) groups is 1. The van der Waals surface area contributed by atoms with Crippen LogP contribution >= 0.6 is 0 Å². The number of urea groups is 1. The van der Waals surface area contributed by atoms with Gasteiger partial charge in [-0.2, -0.15) is 4.31 Å². The first-order valence-electron chi connectivity index (χ1n) is 8.72. The number of amides is 2. The summed E-state index contributed by atoms with van der Waals surface area (Å²) in [5.41, 5.74) is 0.635. The number of hydrogen-bond donors (Lipinski definition) is 2. The molecule has 0 radical (unpaired) electrons. The number of ether oxygens (including phenoxy) is 2. The third kappa shape index (κ3) is 6.47. The Bertz CT molecular complexity index is 672. The largest absolute Gasteiger partial charge is 0.494 e. The number of carbonyl (C=O) groups excluding carboxylic acids is 1. The molecule has 8 nitrogen and oxygen atoms in total. The van der Waals surface area contributed by atoms with Crippen LogP contribution in [-0.2, 0) is 14.8 Å². The van der Waals surface area contributed by atoms with Gasteiger partial charge < -0.3 is 20.1 Å². The van der Waals surface area contributed by atoms with E-state index >= 15 is 0 Å². The molecule has 1 aromatic rings. The van der Waals surface area contributed by atoms with Crippen LogP contribution < -0.4 is 15.4 Å². The third-order valence-corrected chi connectivity index (χ3v) is 5.40. The fourth-order valence-corrected chi connectivity index (χ4v) is 4.02. The van der Waals surface area contributed by atoms with Gasteiger partial charge in [0.1, 0.15) is 5.75 Å². The Morgan fingerprint density at radius 2 is 1.92 bits per heavy atom. The molecule has 0 bridgehead atoms. The Hall–Kier alpha value is -1.84. The molecule has 0 atom stereocenters. The first-order valence-corrected chi connectivity index (χ1v) is 10.6. The molecule has 146 valence electrons. The monoisotopic (exact) mass is 385 g/mol. The van der Waals surface area contributed by atoms with E-state index in [1.807, 2.05) is 6.92 Å². The third-order valence-electron chi connectivity index (χ3n) is 4.07. The van der Waals surface area contributed by atoms with Crippen LogP contribution in [0.5, 0.6) is 5.75 Å². The maximum atomic E-state index is 12.0. The molecule has 0 unspecified atom stereocenters. The van der Waals surface area contributed by atoms with Crippen LogP contribution in [0.3, 0.4) is 0 Å². The van der Waals surface area contributed by atoms with Gasteiger partial charge in [0.05, 0.1) is 12.9 Å². The van der Waals surface area contributed by atoms with E-state index in [-0.39, 0.29) is 25.2 Å². The van der Waals surface area contributed by atoms with E-state index in [1.54, 1.807) is 24.3 Å². The molecule has 2 N–H and O–H groups in total. The Labute approximate surface area is 154 Å². The van der Waals surface area contributed by atoms with Crippen molar-refractivity contribution >= 4 is 21.7 Å². The van der Waals surface area contributed by atoms with Crippen molar-refractivity contribution in [2.24, 2.45) is 0 Å². The Morgan fingerprint density at radius 3 is 2.50 bits per heavy atom. The van der Waals surface area contributed by atoms with E-state index in [0.29, 0.717) is 38.3 Å². The topological polar surface area (TPSA) is 97.0 Å². The number of sulfonamides is 1. The van der Waals surface area contributed by atoms with Gasteiger partial charge >= 0.3 is 6.03 Å². The molecule has 0 saturated carbocycles. The molecule has 0 spiro atoms. The average molecular weight is 385 g/mol. The summed E-state index contributed by atoms with van der Waals surface area (Å²) in [5.74, 6) is 0.735. The Morgan fingerprint density at radius 1 is 1.27 bits per heavy atom. The SMILES string of the molecule is CCOc1ccc(NC(=O)NCCN(C2CCOCC2)S(C)(=O)=O)cc1. The summed E-state index contributed by atoms with van der Waals surface area (Å²) in [5, 5.41) is 5.40. The van der Waals surface area contributed by atoms with Crippen LogP contribution in [0.2, 0.25) is 0 Å². The molecule has 26 heavy (non-hydrogen) atoms. The number of hydrogen-bond acceptors (Lipinski definition) is 5. The fourth-order valence-electron chi connectivity index (χ4n) is 2.85. The zero-order chi connectivity index (χ0) is 19.0. The van der Waals surface area contributed by atoms with Crippen molar-refractivity contribution < 1.29 is 22.7 Å². The van der Waals surface area contributed by atoms with Crippen molar-refractivity contribution in [2.75, 3.05) is 44.5 Å². The number of anilines is 1. The Balaban J connectivity index is 1.81. The molecule has 1 fully saturated rings. The molecular weight excluding hydrogens is 358 g/mol. The highest BCUT2D eigenvalue weighted by molar-refractivity contribution is 7.88. The van der Waals surface area contributed by atoms with E-state index in [2.05, 4.69) is 10.6 Å². The lowest BCUT2D eigenvalue weighted by atomic mass is 10.1. The predicted molar refractivity (Wildman–Crippen MR) is 100 cm³/mol. The Kier molecular flexibility index (Phi) is 7.67. The van der Waals surface area contributed by atoms with Crippen LogP contribution in [0.1, 0.15) is 19.8 Å². The minimum atomic E-state index is -3.34. The lowest BCUT2D eigenvalue weighted by Crippen LogP contribution is -2.46. The smallest absolute Gasteiger partial charge is 0.319 e. The molecule has 2 rings (SSSR count). The molecule has 9 heteroatoms. The van der Waals surface area contributed by atoms with Gasteiger partial charge in [-0.1, -0.05) is 0 Å². The second-order valence-electron chi connectivity index (χ2n) is 6.06. The molecule has 2 amide bonds. The molecule has 0 aliphatic carbocycles. The summed E-state index contributed by atoms with van der Waals surface area (Å²) >= 11 is 0. The molecule has 1 heterocycles. The molecular formula is C17H27N3O5S. The van der Waals surface area contributed by atoms with Gasteiger partial charge in [-0.15, -0.1) is 0 Å². The number of nitrogens with zero attached hydrogens (tertiary/aromatic N) is 1. The van der Waals surface area contributed by atoms with E-state index in [9.17, 15) is 13.2 Å². The van der Waals surface area contributed by atoms with Crippen molar-refractivity contribution in [2.45, 2.75) is 25.8 Å². The highest BCUT2D eigenvalue weighted by Gasteiger charge is 2.28. The highest BCUT2D eigenvalue weighted by Crippen LogP contribution is 2.17. The summed E-state index contributed by atoms with van der Waals surface area (Å²) in [6.07, 6.45) is 2.54.